The van der Waals surface area contributed by atoms with Crippen LogP contribution in [0.5, 0.6) is 0 Å². The van der Waals surface area contributed by atoms with Crippen molar-refractivity contribution in [3.8, 4) is 0 Å². The summed E-state index contributed by atoms with van der Waals surface area (Å²) in [6.07, 6.45) is 1.83. The maximum absolute atomic E-state index is 10.8. The Morgan fingerprint density at radius 3 is 2.69 bits per heavy atom. The van der Waals surface area contributed by atoms with Gasteiger partial charge in [-0.05, 0) is 24.8 Å². The molecule has 1 aromatic rings. The van der Waals surface area contributed by atoms with Gasteiger partial charge in [0.2, 0.25) is 0 Å². The fourth-order valence-electron chi connectivity index (χ4n) is 3.16. The zero-order chi connectivity index (χ0) is 11.2. The van der Waals surface area contributed by atoms with Gasteiger partial charge in [0, 0.05) is 12.1 Å². The smallest absolute Gasteiger partial charge is 0.106 e. The van der Waals surface area contributed by atoms with E-state index in [2.05, 4.69) is 5.32 Å². The highest BCUT2D eigenvalue weighted by Gasteiger charge is 2.50. The first-order valence-electron chi connectivity index (χ1n) is 5.90. The van der Waals surface area contributed by atoms with Crippen LogP contribution in [0.3, 0.4) is 0 Å². The van der Waals surface area contributed by atoms with Gasteiger partial charge in [0.05, 0.1) is 6.10 Å². The lowest BCUT2D eigenvalue weighted by Crippen LogP contribution is -2.46. The standard InChI is InChI=1S/C13H17NO2/c15-11-6-10-8-13(16,12(7-11)14-10)9-4-2-1-3-5-9/h1-5,10-12,14-16H,6-8H2/t10-,11+,12+,13-/m0/s1. The first kappa shape index (κ1) is 10.3. The molecule has 3 rings (SSSR count). The molecule has 0 aliphatic carbocycles. The quantitative estimate of drug-likeness (QED) is 0.653. The van der Waals surface area contributed by atoms with Gasteiger partial charge in [-0.1, -0.05) is 30.3 Å². The zero-order valence-corrected chi connectivity index (χ0v) is 9.13. The van der Waals surface area contributed by atoms with Gasteiger partial charge in [-0.3, -0.25) is 0 Å². The monoisotopic (exact) mass is 219 g/mol. The summed E-state index contributed by atoms with van der Waals surface area (Å²) in [4.78, 5) is 0. The third-order valence-electron chi connectivity index (χ3n) is 3.91. The summed E-state index contributed by atoms with van der Waals surface area (Å²) >= 11 is 0. The van der Waals surface area contributed by atoms with E-state index in [-0.39, 0.29) is 18.2 Å². The van der Waals surface area contributed by atoms with Crippen molar-refractivity contribution in [2.45, 2.75) is 43.1 Å². The van der Waals surface area contributed by atoms with Crippen molar-refractivity contribution in [2.75, 3.05) is 0 Å². The van der Waals surface area contributed by atoms with E-state index in [0.29, 0.717) is 12.8 Å². The highest BCUT2D eigenvalue weighted by molar-refractivity contribution is 5.28. The number of rotatable bonds is 1. The van der Waals surface area contributed by atoms with E-state index in [1.807, 2.05) is 30.3 Å². The molecule has 3 heteroatoms. The van der Waals surface area contributed by atoms with Gasteiger partial charge >= 0.3 is 0 Å². The van der Waals surface area contributed by atoms with Crippen LogP contribution in [0.1, 0.15) is 24.8 Å². The molecule has 0 aromatic heterocycles. The number of piperidine rings is 1. The molecule has 0 radical (unpaired) electrons. The summed E-state index contributed by atoms with van der Waals surface area (Å²) in [6.45, 7) is 0. The molecular weight excluding hydrogens is 202 g/mol. The highest BCUT2D eigenvalue weighted by Crippen LogP contribution is 2.41. The molecule has 4 atom stereocenters. The van der Waals surface area contributed by atoms with Crippen LogP contribution in [0.2, 0.25) is 0 Å². The molecule has 2 fully saturated rings. The lowest BCUT2D eigenvalue weighted by molar-refractivity contribution is 0.00931. The third kappa shape index (κ3) is 1.47. The third-order valence-corrected chi connectivity index (χ3v) is 3.91. The van der Waals surface area contributed by atoms with Gasteiger partial charge in [-0.2, -0.15) is 0 Å². The van der Waals surface area contributed by atoms with Gasteiger partial charge in [-0.15, -0.1) is 0 Å². The summed E-state index contributed by atoms with van der Waals surface area (Å²) in [6, 6.07) is 10.0. The van der Waals surface area contributed by atoms with Crippen LogP contribution in [0, 0.1) is 0 Å². The first-order chi connectivity index (χ1) is 7.68. The lowest BCUT2D eigenvalue weighted by atomic mass is 9.85. The summed E-state index contributed by atoms with van der Waals surface area (Å²) in [5.74, 6) is 0. The Bertz CT molecular complexity index is 381. The van der Waals surface area contributed by atoms with Gasteiger partial charge in [0.15, 0.2) is 0 Å². The van der Waals surface area contributed by atoms with Gasteiger partial charge in [-0.25, -0.2) is 0 Å². The van der Waals surface area contributed by atoms with E-state index in [9.17, 15) is 10.2 Å². The molecule has 2 bridgehead atoms. The fraction of sp³-hybridized carbons (Fsp3) is 0.538. The largest absolute Gasteiger partial charge is 0.393 e. The summed E-state index contributed by atoms with van der Waals surface area (Å²) in [7, 11) is 0. The molecule has 2 heterocycles. The molecule has 0 amide bonds. The molecule has 2 aliphatic heterocycles. The normalized spacial score (nSPS) is 42.2. The van der Waals surface area contributed by atoms with Crippen molar-refractivity contribution >= 4 is 0 Å². The van der Waals surface area contributed by atoms with E-state index >= 15 is 0 Å². The van der Waals surface area contributed by atoms with Crippen LogP contribution in [-0.2, 0) is 5.60 Å². The molecule has 1 aromatic carbocycles. The molecule has 86 valence electrons. The number of nitrogens with one attached hydrogen (secondary N) is 1. The second-order valence-corrected chi connectivity index (χ2v) is 5.04. The van der Waals surface area contributed by atoms with Crippen LogP contribution < -0.4 is 5.32 Å². The molecule has 2 saturated heterocycles. The summed E-state index contributed by atoms with van der Waals surface area (Å²) in [5.41, 5.74) is 0.160. The predicted molar refractivity (Wildman–Crippen MR) is 60.9 cm³/mol. The van der Waals surface area contributed by atoms with Crippen molar-refractivity contribution in [2.24, 2.45) is 0 Å². The molecule has 0 unspecified atom stereocenters. The minimum absolute atomic E-state index is 0.0105. The van der Waals surface area contributed by atoms with Crippen LogP contribution in [0.15, 0.2) is 30.3 Å². The number of hydrogen-bond donors (Lipinski definition) is 3. The number of aliphatic hydroxyl groups excluding tert-OH is 1. The van der Waals surface area contributed by atoms with E-state index < -0.39 is 5.60 Å². The van der Waals surface area contributed by atoms with E-state index in [4.69, 9.17) is 0 Å². The second-order valence-electron chi connectivity index (χ2n) is 5.04. The average molecular weight is 219 g/mol. The molecule has 16 heavy (non-hydrogen) atoms. The van der Waals surface area contributed by atoms with Crippen molar-refractivity contribution in [3.05, 3.63) is 35.9 Å². The molecular formula is C13H17NO2. The summed E-state index contributed by atoms with van der Waals surface area (Å²) in [5, 5.41) is 23.9. The molecule has 3 N–H and O–H groups in total. The van der Waals surface area contributed by atoms with E-state index in [1.54, 1.807) is 0 Å². The van der Waals surface area contributed by atoms with Gasteiger partial charge < -0.3 is 15.5 Å². The average Bonchev–Trinajstić information content (AvgIpc) is 2.52. The molecule has 0 saturated carbocycles. The van der Waals surface area contributed by atoms with Crippen molar-refractivity contribution in [1.29, 1.82) is 0 Å². The lowest BCUT2D eigenvalue weighted by Gasteiger charge is -2.32. The van der Waals surface area contributed by atoms with Crippen molar-refractivity contribution in [3.63, 3.8) is 0 Å². The second kappa shape index (κ2) is 3.55. The Hall–Kier alpha value is -0.900. The SMILES string of the molecule is O[C@@H]1C[C@H]2C[C@](O)(c3ccccc3)[C@@H](C1)N2. The predicted octanol–water partition coefficient (Wildman–Crippen LogP) is 0.759. The number of hydrogen-bond acceptors (Lipinski definition) is 3. The van der Waals surface area contributed by atoms with E-state index in [1.165, 1.54) is 0 Å². The number of benzene rings is 1. The minimum atomic E-state index is -0.802. The zero-order valence-electron chi connectivity index (χ0n) is 9.13. The maximum atomic E-state index is 10.8. The van der Waals surface area contributed by atoms with Crippen molar-refractivity contribution in [1.82, 2.24) is 5.32 Å². The maximum Gasteiger partial charge on any atom is 0.106 e. The van der Waals surface area contributed by atoms with Crippen LogP contribution in [0.25, 0.3) is 0 Å². The molecule has 3 nitrogen and oxygen atoms in total. The fourth-order valence-corrected chi connectivity index (χ4v) is 3.16. The van der Waals surface area contributed by atoms with Crippen LogP contribution in [-0.4, -0.2) is 28.4 Å². The minimum Gasteiger partial charge on any atom is -0.393 e. The summed E-state index contributed by atoms with van der Waals surface area (Å²) < 4.78 is 0. The molecule has 2 aliphatic rings. The topological polar surface area (TPSA) is 52.5 Å². The Kier molecular flexibility index (Phi) is 2.28. The van der Waals surface area contributed by atoms with Crippen LogP contribution >= 0.6 is 0 Å². The van der Waals surface area contributed by atoms with Gasteiger partial charge in [0.25, 0.3) is 0 Å². The number of aliphatic hydroxyl groups is 2. The first-order valence-corrected chi connectivity index (χ1v) is 5.90. The van der Waals surface area contributed by atoms with E-state index in [0.717, 1.165) is 12.0 Å². The number of fused-ring (bicyclic) bond motifs is 2. The van der Waals surface area contributed by atoms with Crippen LogP contribution in [0.4, 0.5) is 0 Å². The van der Waals surface area contributed by atoms with Crippen molar-refractivity contribution < 1.29 is 10.2 Å². The highest BCUT2D eigenvalue weighted by atomic mass is 16.3. The Balaban J connectivity index is 1.95. The Morgan fingerprint density at radius 2 is 1.94 bits per heavy atom. The Morgan fingerprint density at radius 1 is 1.19 bits per heavy atom. The Labute approximate surface area is 95.1 Å². The van der Waals surface area contributed by atoms with Gasteiger partial charge in [0.1, 0.15) is 5.60 Å². The molecule has 0 spiro atoms.